The van der Waals surface area contributed by atoms with Gasteiger partial charge in [-0.2, -0.15) is 0 Å². The van der Waals surface area contributed by atoms with Crippen LogP contribution in [-0.2, 0) is 9.47 Å². The predicted octanol–water partition coefficient (Wildman–Crippen LogP) is 2.67. The van der Waals surface area contributed by atoms with Gasteiger partial charge in [0.25, 0.3) is 0 Å². The summed E-state index contributed by atoms with van der Waals surface area (Å²) < 4.78 is 27.2. The molecule has 2 rings (SSSR count). The average molecular weight is 296 g/mol. The van der Waals surface area contributed by atoms with Gasteiger partial charge in [-0.3, -0.25) is 0 Å². The van der Waals surface area contributed by atoms with Gasteiger partial charge in [0.15, 0.2) is 0 Å². The summed E-state index contributed by atoms with van der Waals surface area (Å²) in [6, 6.07) is 5.66. The van der Waals surface area contributed by atoms with Crippen molar-refractivity contribution < 1.29 is 23.7 Å². The molecule has 0 N–H and O–H groups in total. The third-order valence-electron chi connectivity index (χ3n) is 3.04. The normalized spacial score (nSPS) is 16.6. The fraction of sp³-hybridized carbons (Fsp3) is 0.625. The van der Waals surface area contributed by atoms with Crippen LogP contribution in [0, 0.1) is 0 Å². The van der Waals surface area contributed by atoms with Crippen LogP contribution in [0.5, 0.6) is 17.2 Å². The summed E-state index contributed by atoms with van der Waals surface area (Å²) in [5.41, 5.74) is 0. The summed E-state index contributed by atoms with van der Waals surface area (Å²) in [5.74, 6) is 2.29. The van der Waals surface area contributed by atoms with E-state index in [1.165, 1.54) is 0 Å². The minimum atomic E-state index is 0.379. The molecule has 1 aromatic carbocycles. The number of ether oxygens (including phenoxy) is 5. The molecule has 1 aromatic rings. The van der Waals surface area contributed by atoms with Crippen LogP contribution < -0.4 is 14.2 Å². The molecule has 5 nitrogen and oxygen atoms in total. The van der Waals surface area contributed by atoms with Gasteiger partial charge in [-0.1, -0.05) is 0 Å². The van der Waals surface area contributed by atoms with Gasteiger partial charge >= 0.3 is 0 Å². The smallest absolute Gasteiger partial charge is 0.126 e. The first kappa shape index (κ1) is 15.9. The van der Waals surface area contributed by atoms with Crippen LogP contribution >= 0.6 is 0 Å². The largest absolute Gasteiger partial charge is 0.494 e. The molecule has 0 aliphatic carbocycles. The second kappa shape index (κ2) is 8.74. The molecule has 1 fully saturated rings. The molecule has 0 radical (unpaired) electrons. The summed E-state index contributed by atoms with van der Waals surface area (Å²) in [6.07, 6.45) is 2.15. The van der Waals surface area contributed by atoms with Crippen molar-refractivity contribution >= 4 is 0 Å². The number of rotatable bonds is 11. The molecule has 0 aromatic heterocycles. The van der Waals surface area contributed by atoms with E-state index in [9.17, 15) is 0 Å². The van der Waals surface area contributed by atoms with Crippen LogP contribution in [0.25, 0.3) is 0 Å². The first-order valence-corrected chi connectivity index (χ1v) is 7.46. The van der Waals surface area contributed by atoms with Crippen molar-refractivity contribution in [1.82, 2.24) is 0 Å². The zero-order valence-electron chi connectivity index (χ0n) is 12.8. The standard InChI is InChI=1S/C16H24O5/c1-3-18-14-9-15(19-7-4-6-17-2)11-16(10-14)20-8-5-13-12-21-13/h9-11,13H,3-8,12H2,1-2H3. The molecule has 1 saturated heterocycles. The molecular weight excluding hydrogens is 272 g/mol. The van der Waals surface area contributed by atoms with Crippen molar-refractivity contribution in [1.29, 1.82) is 0 Å². The maximum atomic E-state index is 5.75. The van der Waals surface area contributed by atoms with Crippen LogP contribution in [0.2, 0.25) is 0 Å². The molecule has 5 heteroatoms. The Morgan fingerprint density at radius 3 is 2.19 bits per heavy atom. The fourth-order valence-corrected chi connectivity index (χ4v) is 1.90. The highest BCUT2D eigenvalue weighted by atomic mass is 16.6. The molecule has 0 saturated carbocycles. The molecule has 1 unspecified atom stereocenters. The number of benzene rings is 1. The van der Waals surface area contributed by atoms with Crippen LogP contribution in [0.15, 0.2) is 18.2 Å². The van der Waals surface area contributed by atoms with E-state index in [4.69, 9.17) is 23.7 Å². The van der Waals surface area contributed by atoms with E-state index in [2.05, 4.69) is 0 Å². The molecule has 21 heavy (non-hydrogen) atoms. The molecule has 118 valence electrons. The second-order valence-corrected chi connectivity index (χ2v) is 4.86. The lowest BCUT2D eigenvalue weighted by Crippen LogP contribution is -2.04. The molecular formula is C16H24O5. The first-order chi connectivity index (χ1) is 10.3. The van der Waals surface area contributed by atoms with Crippen LogP contribution in [-0.4, -0.2) is 46.2 Å². The number of methoxy groups -OCH3 is 1. The van der Waals surface area contributed by atoms with E-state index in [0.717, 1.165) is 36.7 Å². The van der Waals surface area contributed by atoms with E-state index >= 15 is 0 Å². The van der Waals surface area contributed by atoms with E-state index in [1.54, 1.807) is 7.11 Å². The van der Waals surface area contributed by atoms with Gasteiger partial charge < -0.3 is 23.7 Å². The Kier molecular flexibility index (Phi) is 6.63. The van der Waals surface area contributed by atoms with Gasteiger partial charge in [0.05, 0.1) is 32.5 Å². The van der Waals surface area contributed by atoms with E-state index in [1.807, 2.05) is 25.1 Å². The number of hydrogen-bond donors (Lipinski definition) is 0. The highest BCUT2D eigenvalue weighted by molar-refractivity contribution is 5.42. The maximum absolute atomic E-state index is 5.75. The minimum Gasteiger partial charge on any atom is -0.494 e. The van der Waals surface area contributed by atoms with Gasteiger partial charge in [0, 0.05) is 44.8 Å². The molecule has 1 aliphatic rings. The second-order valence-electron chi connectivity index (χ2n) is 4.86. The van der Waals surface area contributed by atoms with Crippen molar-refractivity contribution in [3.8, 4) is 17.2 Å². The quantitative estimate of drug-likeness (QED) is 0.464. The molecule has 0 amide bonds. The third kappa shape index (κ3) is 6.23. The Balaban J connectivity index is 1.88. The Hall–Kier alpha value is -1.46. The molecule has 0 spiro atoms. The van der Waals surface area contributed by atoms with Crippen molar-refractivity contribution in [3.63, 3.8) is 0 Å². The average Bonchev–Trinajstić information content (AvgIpc) is 3.28. The highest BCUT2D eigenvalue weighted by Crippen LogP contribution is 2.28. The van der Waals surface area contributed by atoms with Crippen molar-refractivity contribution in [2.24, 2.45) is 0 Å². The predicted molar refractivity (Wildman–Crippen MR) is 79.5 cm³/mol. The zero-order chi connectivity index (χ0) is 14.9. The number of epoxide rings is 1. The zero-order valence-corrected chi connectivity index (χ0v) is 12.8. The Morgan fingerprint density at radius 2 is 1.62 bits per heavy atom. The lowest BCUT2D eigenvalue weighted by molar-refractivity contribution is 0.172. The van der Waals surface area contributed by atoms with Crippen LogP contribution in [0.3, 0.4) is 0 Å². The topological polar surface area (TPSA) is 49.5 Å². The summed E-state index contributed by atoms with van der Waals surface area (Å²) in [4.78, 5) is 0. The van der Waals surface area contributed by atoms with Gasteiger partial charge in [-0.15, -0.1) is 0 Å². The lowest BCUT2D eigenvalue weighted by Gasteiger charge is -2.12. The van der Waals surface area contributed by atoms with E-state index in [0.29, 0.717) is 32.5 Å². The van der Waals surface area contributed by atoms with Crippen LogP contribution in [0.4, 0.5) is 0 Å². The first-order valence-electron chi connectivity index (χ1n) is 7.46. The van der Waals surface area contributed by atoms with Crippen molar-refractivity contribution in [2.45, 2.75) is 25.9 Å². The van der Waals surface area contributed by atoms with E-state index in [-0.39, 0.29) is 0 Å². The fourth-order valence-electron chi connectivity index (χ4n) is 1.90. The van der Waals surface area contributed by atoms with Crippen molar-refractivity contribution in [2.75, 3.05) is 40.1 Å². The minimum absolute atomic E-state index is 0.379. The molecule has 1 aliphatic heterocycles. The molecule has 0 bridgehead atoms. The Bertz CT molecular complexity index is 417. The summed E-state index contributed by atoms with van der Waals surface area (Å²) >= 11 is 0. The van der Waals surface area contributed by atoms with Gasteiger partial charge in [0.1, 0.15) is 17.2 Å². The van der Waals surface area contributed by atoms with Crippen molar-refractivity contribution in [3.05, 3.63) is 18.2 Å². The van der Waals surface area contributed by atoms with Gasteiger partial charge in [0.2, 0.25) is 0 Å². The monoisotopic (exact) mass is 296 g/mol. The lowest BCUT2D eigenvalue weighted by atomic mass is 10.3. The summed E-state index contributed by atoms with van der Waals surface area (Å²) in [7, 11) is 1.69. The SMILES string of the molecule is CCOc1cc(OCCCOC)cc(OCCC2CO2)c1. The van der Waals surface area contributed by atoms with Gasteiger partial charge in [-0.25, -0.2) is 0 Å². The van der Waals surface area contributed by atoms with Crippen LogP contribution in [0.1, 0.15) is 19.8 Å². The van der Waals surface area contributed by atoms with Gasteiger partial charge in [-0.05, 0) is 6.92 Å². The highest BCUT2D eigenvalue weighted by Gasteiger charge is 2.21. The Labute approximate surface area is 126 Å². The summed E-state index contributed by atoms with van der Waals surface area (Å²) in [5, 5.41) is 0. The maximum Gasteiger partial charge on any atom is 0.126 e. The molecule has 1 heterocycles. The third-order valence-corrected chi connectivity index (χ3v) is 3.04. The molecule has 1 atom stereocenters. The number of hydrogen-bond acceptors (Lipinski definition) is 5. The Morgan fingerprint density at radius 1 is 1.00 bits per heavy atom. The summed E-state index contributed by atoms with van der Waals surface area (Å²) in [6.45, 7) is 5.37. The van der Waals surface area contributed by atoms with E-state index < -0.39 is 0 Å².